The molecule has 0 atom stereocenters. The molecule has 0 bridgehead atoms. The molecule has 0 amide bonds. The van der Waals surface area contributed by atoms with Crippen LogP contribution in [0.3, 0.4) is 0 Å². The summed E-state index contributed by atoms with van der Waals surface area (Å²) in [5.74, 6) is 0.0948. The minimum Gasteiger partial charge on any atom is -0.469 e. The van der Waals surface area contributed by atoms with Crippen molar-refractivity contribution in [3.05, 3.63) is 0 Å². The highest BCUT2D eigenvalue weighted by molar-refractivity contribution is 7.89. The Morgan fingerprint density at radius 2 is 1.89 bits per heavy atom. The van der Waals surface area contributed by atoms with Gasteiger partial charge in [-0.15, -0.1) is 0 Å². The van der Waals surface area contributed by atoms with Crippen molar-refractivity contribution in [2.45, 2.75) is 25.7 Å². The molecule has 0 saturated carbocycles. The highest BCUT2D eigenvalue weighted by Crippen LogP contribution is 2.20. The van der Waals surface area contributed by atoms with Gasteiger partial charge in [-0.3, -0.25) is 4.79 Å². The van der Waals surface area contributed by atoms with E-state index in [-0.39, 0.29) is 18.1 Å². The van der Waals surface area contributed by atoms with Gasteiger partial charge in [0.15, 0.2) is 0 Å². The molecule has 0 aliphatic carbocycles. The lowest BCUT2D eigenvalue weighted by Crippen LogP contribution is -2.40. The van der Waals surface area contributed by atoms with Crippen LogP contribution in [0.25, 0.3) is 0 Å². The lowest BCUT2D eigenvalue weighted by molar-refractivity contribution is -0.140. The standard InChI is InChI=1S/C12H23NO5S/c1-17-10-11-5-7-13(8-6-11)19(15,16)9-3-4-12(14)18-2/h11H,3-10H2,1-2H3. The van der Waals surface area contributed by atoms with E-state index in [0.29, 0.717) is 32.0 Å². The number of hydrogen-bond donors (Lipinski definition) is 0. The number of rotatable bonds is 7. The van der Waals surface area contributed by atoms with Crippen LogP contribution in [0.5, 0.6) is 0 Å². The first-order valence-electron chi connectivity index (χ1n) is 6.53. The van der Waals surface area contributed by atoms with Crippen LogP contribution in [-0.4, -0.2) is 58.4 Å². The summed E-state index contributed by atoms with van der Waals surface area (Å²) in [7, 11) is -0.275. The maximum Gasteiger partial charge on any atom is 0.305 e. The van der Waals surface area contributed by atoms with Gasteiger partial charge in [-0.05, 0) is 25.2 Å². The number of carbonyl (C=O) groups is 1. The summed E-state index contributed by atoms with van der Waals surface area (Å²) in [5, 5.41) is 0. The van der Waals surface area contributed by atoms with Gasteiger partial charge in [0.1, 0.15) is 0 Å². The van der Waals surface area contributed by atoms with Gasteiger partial charge in [0.2, 0.25) is 10.0 Å². The zero-order valence-electron chi connectivity index (χ0n) is 11.6. The van der Waals surface area contributed by atoms with Crippen molar-refractivity contribution in [2.24, 2.45) is 5.92 Å². The molecule has 1 fully saturated rings. The first-order chi connectivity index (χ1) is 8.99. The van der Waals surface area contributed by atoms with Crippen LogP contribution in [0.15, 0.2) is 0 Å². The monoisotopic (exact) mass is 293 g/mol. The highest BCUT2D eigenvalue weighted by atomic mass is 32.2. The van der Waals surface area contributed by atoms with E-state index < -0.39 is 10.0 Å². The molecule has 0 N–H and O–H groups in total. The first kappa shape index (κ1) is 16.4. The van der Waals surface area contributed by atoms with Crippen LogP contribution in [0.2, 0.25) is 0 Å². The van der Waals surface area contributed by atoms with E-state index in [1.807, 2.05) is 0 Å². The van der Waals surface area contributed by atoms with Crippen molar-refractivity contribution in [2.75, 3.05) is 39.7 Å². The summed E-state index contributed by atoms with van der Waals surface area (Å²) in [5.41, 5.74) is 0. The smallest absolute Gasteiger partial charge is 0.305 e. The number of esters is 1. The van der Waals surface area contributed by atoms with Gasteiger partial charge < -0.3 is 9.47 Å². The summed E-state index contributed by atoms with van der Waals surface area (Å²) < 4.78 is 35.2. The molecule has 6 nitrogen and oxygen atoms in total. The van der Waals surface area contributed by atoms with E-state index in [4.69, 9.17) is 4.74 Å². The molecular formula is C12H23NO5S. The maximum atomic E-state index is 12.1. The lowest BCUT2D eigenvalue weighted by atomic mass is 9.99. The Morgan fingerprint density at radius 3 is 2.42 bits per heavy atom. The number of ether oxygens (including phenoxy) is 2. The average molecular weight is 293 g/mol. The quantitative estimate of drug-likeness (QED) is 0.644. The molecule has 0 aromatic heterocycles. The fourth-order valence-corrected chi connectivity index (χ4v) is 3.75. The molecule has 1 heterocycles. The van der Waals surface area contributed by atoms with Gasteiger partial charge in [0.05, 0.1) is 12.9 Å². The van der Waals surface area contributed by atoms with E-state index in [9.17, 15) is 13.2 Å². The van der Waals surface area contributed by atoms with Gasteiger partial charge in [-0.1, -0.05) is 0 Å². The summed E-state index contributed by atoms with van der Waals surface area (Å²) in [4.78, 5) is 10.9. The molecule has 0 aromatic rings. The van der Waals surface area contributed by atoms with Crippen LogP contribution in [0.4, 0.5) is 0 Å². The van der Waals surface area contributed by atoms with Crippen LogP contribution in [0, 0.1) is 5.92 Å². The molecule has 0 radical (unpaired) electrons. The van der Waals surface area contributed by atoms with Crippen molar-refractivity contribution in [3.8, 4) is 0 Å². The lowest BCUT2D eigenvalue weighted by Gasteiger charge is -2.30. The minimum absolute atomic E-state index is 0.0110. The summed E-state index contributed by atoms with van der Waals surface area (Å²) in [6, 6.07) is 0. The fraction of sp³-hybridized carbons (Fsp3) is 0.917. The minimum atomic E-state index is -3.24. The molecule has 0 spiro atoms. The third-order valence-electron chi connectivity index (χ3n) is 3.38. The van der Waals surface area contributed by atoms with E-state index >= 15 is 0 Å². The fourth-order valence-electron chi connectivity index (χ4n) is 2.22. The van der Waals surface area contributed by atoms with Crippen molar-refractivity contribution in [1.29, 1.82) is 0 Å². The molecule has 0 aromatic carbocycles. The largest absolute Gasteiger partial charge is 0.469 e. The Morgan fingerprint density at radius 1 is 1.26 bits per heavy atom. The Hall–Kier alpha value is -0.660. The second kappa shape index (κ2) is 7.81. The summed E-state index contributed by atoms with van der Waals surface area (Å²) in [6.45, 7) is 1.79. The Labute approximate surface area is 115 Å². The van der Waals surface area contributed by atoms with Crippen molar-refractivity contribution in [1.82, 2.24) is 4.31 Å². The second-order valence-electron chi connectivity index (χ2n) is 4.79. The first-order valence-corrected chi connectivity index (χ1v) is 8.14. The molecule has 1 aliphatic heterocycles. The van der Waals surface area contributed by atoms with Crippen molar-refractivity contribution < 1.29 is 22.7 Å². The highest BCUT2D eigenvalue weighted by Gasteiger charge is 2.27. The summed E-state index contributed by atoms with van der Waals surface area (Å²) in [6.07, 6.45) is 2.14. The third kappa shape index (κ3) is 5.46. The molecule has 7 heteroatoms. The Balaban J connectivity index is 2.36. The third-order valence-corrected chi connectivity index (χ3v) is 5.34. The van der Waals surface area contributed by atoms with E-state index in [2.05, 4.69) is 4.74 Å². The van der Waals surface area contributed by atoms with Crippen molar-refractivity contribution in [3.63, 3.8) is 0 Å². The van der Waals surface area contributed by atoms with Gasteiger partial charge >= 0.3 is 5.97 Å². The van der Waals surface area contributed by atoms with Gasteiger partial charge in [0.25, 0.3) is 0 Å². The SMILES string of the molecule is COCC1CCN(S(=O)(=O)CCCC(=O)OC)CC1. The summed E-state index contributed by atoms with van der Waals surface area (Å²) >= 11 is 0. The molecule has 112 valence electrons. The topological polar surface area (TPSA) is 72.9 Å². The molecule has 1 rings (SSSR count). The van der Waals surface area contributed by atoms with Crippen molar-refractivity contribution >= 4 is 16.0 Å². The van der Waals surface area contributed by atoms with Gasteiger partial charge in [-0.25, -0.2) is 12.7 Å². The number of nitrogens with zero attached hydrogens (tertiary/aromatic N) is 1. The molecule has 1 saturated heterocycles. The van der Waals surface area contributed by atoms with Crippen LogP contribution in [-0.2, 0) is 24.3 Å². The molecular weight excluding hydrogens is 270 g/mol. The van der Waals surface area contributed by atoms with E-state index in [1.54, 1.807) is 7.11 Å². The number of sulfonamides is 1. The average Bonchev–Trinajstić information content (AvgIpc) is 2.39. The van der Waals surface area contributed by atoms with Crippen LogP contribution >= 0.6 is 0 Å². The Kier molecular flexibility index (Phi) is 6.74. The van der Waals surface area contributed by atoms with Gasteiger partial charge in [-0.2, -0.15) is 0 Å². The number of carbonyl (C=O) groups excluding carboxylic acids is 1. The maximum absolute atomic E-state index is 12.1. The van der Waals surface area contributed by atoms with E-state index in [0.717, 1.165) is 12.8 Å². The number of hydrogen-bond acceptors (Lipinski definition) is 5. The number of methoxy groups -OCH3 is 2. The van der Waals surface area contributed by atoms with Crippen LogP contribution in [0.1, 0.15) is 25.7 Å². The predicted octanol–water partition coefficient (Wildman–Crippen LogP) is 0.628. The second-order valence-corrected chi connectivity index (χ2v) is 6.88. The zero-order valence-corrected chi connectivity index (χ0v) is 12.4. The van der Waals surface area contributed by atoms with Gasteiger partial charge in [0, 0.05) is 33.2 Å². The van der Waals surface area contributed by atoms with Crippen LogP contribution < -0.4 is 0 Å². The predicted molar refractivity (Wildman–Crippen MR) is 71.2 cm³/mol. The zero-order chi connectivity index (χ0) is 14.3. The molecule has 0 unspecified atom stereocenters. The molecule has 1 aliphatic rings. The molecule has 19 heavy (non-hydrogen) atoms. The van der Waals surface area contributed by atoms with E-state index in [1.165, 1.54) is 11.4 Å². The normalized spacial score (nSPS) is 18.4. The Bertz CT molecular complexity index is 374. The number of piperidine rings is 1.